The molecule has 0 radical (unpaired) electrons. The summed E-state index contributed by atoms with van der Waals surface area (Å²) in [6, 6.07) is -0.444. The number of esters is 1. The lowest BCUT2D eigenvalue weighted by Gasteiger charge is -2.35. The number of hydrogen-bond donors (Lipinski definition) is 8. The van der Waals surface area contributed by atoms with Crippen LogP contribution in [0, 0.1) is 44.0 Å². The van der Waals surface area contributed by atoms with E-state index in [4.69, 9.17) is 23.7 Å². The van der Waals surface area contributed by atoms with Gasteiger partial charge in [0.2, 0.25) is 41.0 Å². The van der Waals surface area contributed by atoms with Gasteiger partial charge in [-0.15, -0.1) is 0 Å². The Hall–Kier alpha value is -6.49. The molecule has 1 aliphatic rings. The lowest BCUT2D eigenvalue weighted by molar-refractivity contribution is -0.145. The second-order valence-corrected chi connectivity index (χ2v) is 21.4. The Bertz CT molecular complexity index is 2590. The minimum absolute atomic E-state index is 0.0304. The minimum Gasteiger partial charge on any atom is -0.480 e. The first-order chi connectivity index (χ1) is 42.4. The van der Waals surface area contributed by atoms with Crippen molar-refractivity contribution >= 4 is 75.1 Å². The van der Waals surface area contributed by atoms with Crippen LogP contribution in [0.2, 0.25) is 0 Å². The van der Waals surface area contributed by atoms with Gasteiger partial charge in [-0.2, -0.15) is 8.78 Å². The lowest BCUT2D eigenvalue weighted by atomic mass is 10.0. The molecule has 1 aliphatic heterocycles. The zero-order valence-corrected chi connectivity index (χ0v) is 51.9. The number of benzene rings is 2. The van der Waals surface area contributed by atoms with Crippen LogP contribution >= 0.6 is 15.9 Å². The zero-order valence-electron chi connectivity index (χ0n) is 50.3. The molecule has 89 heavy (non-hydrogen) atoms. The summed E-state index contributed by atoms with van der Waals surface area (Å²) < 4.78 is 87.8. The molecule has 32 heteroatoms. The van der Waals surface area contributed by atoms with E-state index in [2.05, 4.69) is 41.9 Å². The lowest BCUT2D eigenvalue weighted by Crippen LogP contribution is -2.52. The van der Waals surface area contributed by atoms with Crippen LogP contribution in [0.25, 0.3) is 0 Å². The molecule has 0 spiro atoms. The predicted molar refractivity (Wildman–Crippen MR) is 313 cm³/mol. The van der Waals surface area contributed by atoms with Gasteiger partial charge in [-0.25, -0.2) is 8.78 Å². The number of aryl methyl sites for hydroxylation is 2. The summed E-state index contributed by atoms with van der Waals surface area (Å²) in [7, 11) is 0. The number of carbonyl (C=O) groups is 9. The number of ether oxygens (including phenoxy) is 6. The number of carbonyl (C=O) groups excluding carboxylic acids is 5. The normalized spacial score (nSPS) is 14.6. The fraction of sp³-hybridized carbons (Fsp3) is 0.632. The standard InChI is InChI=1S/C57H83BrF4N8O19/c1-37-32-38(2)54(39(3)51(37)58)66-46(73)10-8-42(65-45(72)6-4-5-7-50(80)89-55-52(61)40(59)33-41(60)53(55)62)56(81)64-13-23-85-25-27-87-29-31-88-30-28-86-26-24-84-22-12-63-44(71)11-9-43(57(82)83)70-20-18-68(35-48(76)77)16-14-67(34-47(74)75)15-17-69(19-21-70)36-49(78)79/h32-33,42-43H,4-31,34-36H2,1-3H3,(H,63,71)(H,64,81)(H,65,72)(H,66,73)(H,74,75)(H,76,77)(H,78,79)(H,82,83)/t42-,43?/m1/s1. The second kappa shape index (κ2) is 42.5. The first-order valence-electron chi connectivity index (χ1n) is 29.0. The van der Waals surface area contributed by atoms with Crippen LogP contribution in [0.5, 0.6) is 5.75 Å². The van der Waals surface area contributed by atoms with Crippen LogP contribution < -0.4 is 26.0 Å². The summed E-state index contributed by atoms with van der Waals surface area (Å²) >= 11 is 3.52. The van der Waals surface area contributed by atoms with Crippen molar-refractivity contribution in [1.82, 2.24) is 35.6 Å². The molecule has 4 amide bonds. The van der Waals surface area contributed by atoms with Crippen LogP contribution in [0.3, 0.4) is 0 Å². The van der Waals surface area contributed by atoms with E-state index in [0.717, 1.165) is 21.2 Å². The van der Waals surface area contributed by atoms with Crippen molar-refractivity contribution in [2.24, 2.45) is 0 Å². The Labute approximate surface area is 521 Å². The summed E-state index contributed by atoms with van der Waals surface area (Å²) in [6.45, 7) is 7.91. The van der Waals surface area contributed by atoms with Crippen molar-refractivity contribution in [3.63, 3.8) is 0 Å². The van der Waals surface area contributed by atoms with Gasteiger partial charge < -0.3 is 70.1 Å². The number of nitrogens with zero attached hydrogens (tertiary/aromatic N) is 4. The number of hydrogen-bond acceptors (Lipinski definition) is 19. The number of halogens is 5. The Kier molecular flexibility index (Phi) is 36.6. The third-order valence-electron chi connectivity index (χ3n) is 13.7. The first kappa shape index (κ1) is 76.8. The van der Waals surface area contributed by atoms with Crippen molar-refractivity contribution in [3.8, 4) is 5.75 Å². The van der Waals surface area contributed by atoms with Gasteiger partial charge in [-0.3, -0.25) is 62.8 Å². The number of rotatable bonds is 41. The number of carboxylic acid groups (broad SMARTS) is 4. The van der Waals surface area contributed by atoms with Crippen LogP contribution in [0.15, 0.2) is 16.6 Å². The number of unbranched alkanes of at least 4 members (excludes halogenated alkanes) is 1. The van der Waals surface area contributed by atoms with Gasteiger partial charge >= 0.3 is 29.8 Å². The largest absolute Gasteiger partial charge is 0.480 e. The summed E-state index contributed by atoms with van der Waals surface area (Å²) in [5, 5.41) is 49.4. The van der Waals surface area contributed by atoms with Gasteiger partial charge in [-0.1, -0.05) is 22.0 Å². The third-order valence-corrected chi connectivity index (χ3v) is 14.9. The van der Waals surface area contributed by atoms with Crippen molar-refractivity contribution < 1.29 is 110 Å². The molecule has 3 rings (SSSR count). The summed E-state index contributed by atoms with van der Waals surface area (Å²) in [5.74, 6) is -16.6. The molecule has 2 aromatic carbocycles. The molecule has 1 saturated heterocycles. The Morgan fingerprint density at radius 2 is 0.978 bits per heavy atom. The van der Waals surface area contributed by atoms with E-state index in [-0.39, 0.29) is 202 Å². The molecular weight excluding hydrogens is 1260 g/mol. The molecular formula is C57H83BrF4N8O19. The highest BCUT2D eigenvalue weighted by atomic mass is 79.9. The number of amides is 4. The highest BCUT2D eigenvalue weighted by Gasteiger charge is 2.30. The Balaban J connectivity index is 1.29. The number of anilines is 1. The van der Waals surface area contributed by atoms with Crippen molar-refractivity contribution in [3.05, 3.63) is 56.6 Å². The maximum atomic E-state index is 13.9. The van der Waals surface area contributed by atoms with Gasteiger partial charge in [0.25, 0.3) is 0 Å². The van der Waals surface area contributed by atoms with Gasteiger partial charge in [0, 0.05) is 107 Å². The van der Waals surface area contributed by atoms with E-state index < -0.39 is 101 Å². The van der Waals surface area contributed by atoms with Crippen LogP contribution in [-0.2, 0) is 66.8 Å². The van der Waals surface area contributed by atoms with Crippen LogP contribution in [-0.4, -0.2) is 257 Å². The molecule has 1 fully saturated rings. The second-order valence-electron chi connectivity index (χ2n) is 20.7. The van der Waals surface area contributed by atoms with Crippen molar-refractivity contribution in [2.45, 2.75) is 84.2 Å². The summed E-state index contributed by atoms with van der Waals surface area (Å²) in [5.41, 5.74) is 3.21. The fourth-order valence-corrected chi connectivity index (χ4v) is 9.38. The molecule has 27 nitrogen and oxygen atoms in total. The SMILES string of the molecule is Cc1cc(C)c(NC(=O)CC[C@@H](NC(=O)CCCCC(=O)Oc2c(F)c(F)cc(F)c2F)C(=O)NCCOCCOCCOCCOCCOCCNC(=O)CCC(C(=O)O)N2CCN(CC(=O)O)CCN(CC(=O)O)CCN(CC(=O)O)CC2)c(C)c1Br. The maximum Gasteiger partial charge on any atom is 0.320 e. The average Bonchev–Trinajstić information content (AvgIpc) is 3.67. The Morgan fingerprint density at radius 1 is 0.539 bits per heavy atom. The topological polar surface area (TPSA) is 351 Å². The fourth-order valence-electron chi connectivity index (χ4n) is 9.07. The molecule has 2 aromatic rings. The van der Waals surface area contributed by atoms with Crippen molar-refractivity contribution in [2.75, 3.05) is 156 Å². The predicted octanol–water partition coefficient (Wildman–Crippen LogP) is 2.32. The molecule has 0 bridgehead atoms. The summed E-state index contributed by atoms with van der Waals surface area (Å²) in [4.78, 5) is 118. The van der Waals surface area contributed by atoms with Crippen LogP contribution in [0.1, 0.15) is 68.1 Å². The molecule has 0 aromatic heterocycles. The zero-order chi connectivity index (χ0) is 65.8. The van der Waals surface area contributed by atoms with E-state index >= 15 is 0 Å². The molecule has 0 saturated carbocycles. The smallest absolute Gasteiger partial charge is 0.320 e. The van der Waals surface area contributed by atoms with E-state index in [1.54, 1.807) is 19.6 Å². The van der Waals surface area contributed by atoms with Gasteiger partial charge in [0.15, 0.2) is 11.6 Å². The molecule has 1 unspecified atom stereocenters. The molecule has 1 heterocycles. The molecule has 0 aliphatic carbocycles. The highest BCUT2D eigenvalue weighted by Crippen LogP contribution is 2.31. The van der Waals surface area contributed by atoms with Crippen molar-refractivity contribution in [1.29, 1.82) is 0 Å². The average molecular weight is 1340 g/mol. The number of nitrogens with one attached hydrogen (secondary N) is 4. The van der Waals surface area contributed by atoms with Gasteiger partial charge in [-0.05, 0) is 63.1 Å². The molecule has 8 N–H and O–H groups in total. The highest BCUT2D eigenvalue weighted by molar-refractivity contribution is 9.10. The quantitative estimate of drug-likeness (QED) is 0.0156. The van der Waals surface area contributed by atoms with Gasteiger partial charge in [0.1, 0.15) is 12.1 Å². The minimum atomic E-state index is -1.88. The monoisotopic (exact) mass is 1340 g/mol. The van der Waals surface area contributed by atoms with E-state index in [1.165, 1.54) is 0 Å². The third kappa shape index (κ3) is 31.2. The van der Waals surface area contributed by atoms with Gasteiger partial charge in [0.05, 0.1) is 85.7 Å². The summed E-state index contributed by atoms with van der Waals surface area (Å²) in [6.07, 6.45) is -1.15. The van der Waals surface area contributed by atoms with Crippen LogP contribution in [0.4, 0.5) is 23.2 Å². The molecule has 500 valence electrons. The number of aliphatic carboxylic acids is 4. The van der Waals surface area contributed by atoms with E-state index in [1.807, 2.05) is 26.8 Å². The Morgan fingerprint density at radius 3 is 1.45 bits per heavy atom. The maximum absolute atomic E-state index is 13.9. The van der Waals surface area contributed by atoms with E-state index in [9.17, 15) is 81.1 Å². The number of carboxylic acids is 4. The van der Waals surface area contributed by atoms with E-state index in [0.29, 0.717) is 5.69 Å². The molecule has 2 atom stereocenters. The first-order valence-corrected chi connectivity index (χ1v) is 29.8.